The van der Waals surface area contributed by atoms with Crippen LogP contribution < -0.4 is 5.32 Å². The number of hydrogen-bond acceptors (Lipinski definition) is 5. The van der Waals surface area contributed by atoms with Crippen molar-refractivity contribution < 1.29 is 0 Å². The van der Waals surface area contributed by atoms with Crippen molar-refractivity contribution >= 4 is 5.82 Å². The van der Waals surface area contributed by atoms with Crippen molar-refractivity contribution in [1.29, 1.82) is 5.26 Å². The molecule has 0 fully saturated rings. The highest BCUT2D eigenvalue weighted by Gasteiger charge is 2.20. The average molecular weight is 267 g/mol. The van der Waals surface area contributed by atoms with Crippen LogP contribution in [0, 0.1) is 18.3 Å². The maximum absolute atomic E-state index is 8.92. The van der Waals surface area contributed by atoms with E-state index in [1.165, 1.54) is 5.56 Å². The van der Waals surface area contributed by atoms with Crippen molar-refractivity contribution in [2.75, 3.05) is 11.9 Å². The van der Waals surface area contributed by atoms with Crippen LogP contribution in [-0.4, -0.2) is 21.5 Å². The van der Waals surface area contributed by atoms with Crippen LogP contribution in [0.25, 0.3) is 0 Å². The lowest BCUT2D eigenvalue weighted by Crippen LogP contribution is -2.28. The van der Waals surface area contributed by atoms with E-state index in [4.69, 9.17) is 5.26 Å². The van der Waals surface area contributed by atoms with E-state index in [9.17, 15) is 0 Å². The molecule has 0 saturated carbocycles. The van der Waals surface area contributed by atoms with Gasteiger partial charge in [-0.2, -0.15) is 5.26 Å². The van der Waals surface area contributed by atoms with E-state index >= 15 is 0 Å². The lowest BCUT2D eigenvalue weighted by molar-refractivity contribution is 0.555. The standard InChI is InChI=1S/C15H17N5/c1-11-19-13(9-16)8-14(20-11)18-10-15(2,3)12-4-6-17-7-5-12/h4-8H,10H2,1-3H3,(H,18,19,20). The summed E-state index contributed by atoms with van der Waals surface area (Å²) >= 11 is 0. The minimum absolute atomic E-state index is 0.0609. The molecule has 0 saturated heterocycles. The zero-order chi connectivity index (χ0) is 14.6. The van der Waals surface area contributed by atoms with Crippen LogP contribution in [0.15, 0.2) is 30.6 Å². The highest BCUT2D eigenvalue weighted by Crippen LogP contribution is 2.22. The van der Waals surface area contributed by atoms with Gasteiger partial charge < -0.3 is 5.32 Å². The largest absolute Gasteiger partial charge is 0.369 e. The van der Waals surface area contributed by atoms with Crippen LogP contribution in [0.1, 0.15) is 30.9 Å². The van der Waals surface area contributed by atoms with Crippen LogP contribution in [-0.2, 0) is 5.41 Å². The molecule has 2 aromatic rings. The fourth-order valence-electron chi connectivity index (χ4n) is 1.93. The Bertz CT molecular complexity index is 628. The lowest BCUT2D eigenvalue weighted by atomic mass is 9.85. The van der Waals surface area contributed by atoms with Crippen LogP contribution in [0.2, 0.25) is 0 Å². The Morgan fingerprint density at radius 2 is 1.95 bits per heavy atom. The third kappa shape index (κ3) is 3.29. The number of anilines is 1. The topological polar surface area (TPSA) is 74.5 Å². The molecular formula is C15H17N5. The predicted molar refractivity (Wildman–Crippen MR) is 77.2 cm³/mol. The molecule has 20 heavy (non-hydrogen) atoms. The minimum atomic E-state index is -0.0609. The fourth-order valence-corrected chi connectivity index (χ4v) is 1.93. The van der Waals surface area contributed by atoms with E-state index in [1.807, 2.05) is 18.2 Å². The van der Waals surface area contributed by atoms with Gasteiger partial charge in [0, 0.05) is 30.4 Å². The Labute approximate surface area is 118 Å². The molecule has 0 aliphatic heterocycles. The normalized spacial score (nSPS) is 10.9. The second kappa shape index (κ2) is 5.66. The molecule has 0 radical (unpaired) electrons. The summed E-state index contributed by atoms with van der Waals surface area (Å²) in [5.74, 6) is 1.27. The Morgan fingerprint density at radius 3 is 2.60 bits per heavy atom. The summed E-state index contributed by atoms with van der Waals surface area (Å²) in [6.07, 6.45) is 3.58. The summed E-state index contributed by atoms with van der Waals surface area (Å²) in [5, 5.41) is 12.2. The quantitative estimate of drug-likeness (QED) is 0.921. The molecule has 0 unspecified atom stereocenters. The van der Waals surface area contributed by atoms with Gasteiger partial charge in [-0.25, -0.2) is 9.97 Å². The molecule has 102 valence electrons. The van der Waals surface area contributed by atoms with E-state index in [0.29, 0.717) is 23.9 Å². The van der Waals surface area contributed by atoms with E-state index in [2.05, 4.69) is 34.1 Å². The molecule has 0 spiro atoms. The molecule has 0 aliphatic rings. The number of pyridine rings is 1. The average Bonchev–Trinajstić information content (AvgIpc) is 2.45. The number of aryl methyl sites for hydroxylation is 1. The molecule has 0 aliphatic carbocycles. The molecule has 5 nitrogen and oxygen atoms in total. The van der Waals surface area contributed by atoms with E-state index in [1.54, 1.807) is 25.4 Å². The molecule has 2 heterocycles. The van der Waals surface area contributed by atoms with Gasteiger partial charge >= 0.3 is 0 Å². The number of rotatable bonds is 4. The van der Waals surface area contributed by atoms with E-state index in [0.717, 1.165) is 0 Å². The van der Waals surface area contributed by atoms with Gasteiger partial charge in [0.1, 0.15) is 23.4 Å². The molecule has 1 N–H and O–H groups in total. The van der Waals surface area contributed by atoms with Crippen LogP contribution in [0.4, 0.5) is 5.82 Å². The van der Waals surface area contributed by atoms with Gasteiger partial charge in [-0.05, 0) is 24.6 Å². The Balaban J connectivity index is 2.12. The Morgan fingerprint density at radius 1 is 1.25 bits per heavy atom. The Kier molecular flexibility index (Phi) is 3.94. The summed E-state index contributed by atoms with van der Waals surface area (Å²) in [4.78, 5) is 12.4. The van der Waals surface area contributed by atoms with Gasteiger partial charge in [-0.15, -0.1) is 0 Å². The highest BCUT2D eigenvalue weighted by molar-refractivity contribution is 5.41. The molecule has 5 heteroatoms. The summed E-state index contributed by atoms with van der Waals surface area (Å²) in [6, 6.07) is 7.72. The third-order valence-corrected chi connectivity index (χ3v) is 3.13. The molecule has 0 amide bonds. The minimum Gasteiger partial charge on any atom is -0.369 e. The summed E-state index contributed by atoms with van der Waals surface area (Å²) in [5.41, 5.74) is 1.52. The first-order chi connectivity index (χ1) is 9.51. The van der Waals surface area contributed by atoms with Crippen molar-refractivity contribution in [3.63, 3.8) is 0 Å². The van der Waals surface area contributed by atoms with Crippen LogP contribution >= 0.6 is 0 Å². The van der Waals surface area contributed by atoms with Gasteiger partial charge in [0.15, 0.2) is 0 Å². The summed E-state index contributed by atoms with van der Waals surface area (Å²) < 4.78 is 0. The second-order valence-electron chi connectivity index (χ2n) is 5.27. The maximum Gasteiger partial charge on any atom is 0.146 e. The summed E-state index contributed by atoms with van der Waals surface area (Å²) in [7, 11) is 0. The zero-order valence-electron chi connectivity index (χ0n) is 11.9. The van der Waals surface area contributed by atoms with Crippen LogP contribution in [0.3, 0.4) is 0 Å². The molecule has 0 atom stereocenters. The molecule has 0 aromatic carbocycles. The number of nitriles is 1. The first-order valence-corrected chi connectivity index (χ1v) is 6.41. The van der Waals surface area contributed by atoms with Gasteiger partial charge in [0.2, 0.25) is 0 Å². The second-order valence-corrected chi connectivity index (χ2v) is 5.27. The predicted octanol–water partition coefficient (Wildman–Crippen LogP) is 2.44. The van der Waals surface area contributed by atoms with Crippen molar-refractivity contribution in [3.05, 3.63) is 47.7 Å². The van der Waals surface area contributed by atoms with Gasteiger partial charge in [0.05, 0.1) is 0 Å². The van der Waals surface area contributed by atoms with Gasteiger partial charge in [-0.3, -0.25) is 4.98 Å². The molecule has 2 aromatic heterocycles. The van der Waals surface area contributed by atoms with Crippen molar-refractivity contribution in [2.45, 2.75) is 26.2 Å². The van der Waals surface area contributed by atoms with Crippen LogP contribution in [0.5, 0.6) is 0 Å². The number of nitrogens with one attached hydrogen (secondary N) is 1. The molecule has 2 rings (SSSR count). The third-order valence-electron chi connectivity index (χ3n) is 3.13. The maximum atomic E-state index is 8.92. The van der Waals surface area contributed by atoms with E-state index < -0.39 is 0 Å². The van der Waals surface area contributed by atoms with Crippen molar-refractivity contribution in [3.8, 4) is 6.07 Å². The first-order valence-electron chi connectivity index (χ1n) is 6.41. The monoisotopic (exact) mass is 267 g/mol. The van der Waals surface area contributed by atoms with Gasteiger partial charge in [-0.1, -0.05) is 13.8 Å². The van der Waals surface area contributed by atoms with Crippen molar-refractivity contribution in [1.82, 2.24) is 15.0 Å². The van der Waals surface area contributed by atoms with Crippen molar-refractivity contribution in [2.24, 2.45) is 0 Å². The Hall–Kier alpha value is -2.48. The van der Waals surface area contributed by atoms with Gasteiger partial charge in [0.25, 0.3) is 0 Å². The number of nitrogens with zero attached hydrogens (tertiary/aromatic N) is 4. The highest BCUT2D eigenvalue weighted by atomic mass is 15.0. The summed E-state index contributed by atoms with van der Waals surface area (Å²) in [6.45, 7) is 6.78. The van der Waals surface area contributed by atoms with E-state index in [-0.39, 0.29) is 5.41 Å². The number of hydrogen-bond donors (Lipinski definition) is 1. The fraction of sp³-hybridized carbons (Fsp3) is 0.333. The molecular weight excluding hydrogens is 250 g/mol. The number of aromatic nitrogens is 3. The molecule has 0 bridgehead atoms. The smallest absolute Gasteiger partial charge is 0.146 e. The SMILES string of the molecule is Cc1nc(C#N)cc(NCC(C)(C)c2ccncc2)n1. The first kappa shape index (κ1) is 13.9. The zero-order valence-corrected chi connectivity index (χ0v) is 11.9. The lowest BCUT2D eigenvalue weighted by Gasteiger charge is -2.25.